The second kappa shape index (κ2) is 7.09. The third kappa shape index (κ3) is 3.43. The predicted octanol–water partition coefficient (Wildman–Crippen LogP) is 2.32. The fourth-order valence-electron chi connectivity index (χ4n) is 3.05. The summed E-state index contributed by atoms with van der Waals surface area (Å²) in [4.78, 5) is 4.28. The number of hydrogen-bond donors (Lipinski definition) is 0. The van der Waals surface area contributed by atoms with Crippen molar-refractivity contribution in [2.45, 2.75) is 17.2 Å². The number of aromatic nitrogens is 3. The maximum absolute atomic E-state index is 12.8. The van der Waals surface area contributed by atoms with Crippen LogP contribution in [-0.4, -0.2) is 48.1 Å². The molecule has 1 aliphatic heterocycles. The quantitative estimate of drug-likeness (QED) is 0.663. The molecule has 0 bridgehead atoms. The number of benzene rings is 1. The van der Waals surface area contributed by atoms with E-state index in [4.69, 9.17) is 9.15 Å². The second-order valence-electron chi connectivity index (χ2n) is 6.21. The van der Waals surface area contributed by atoms with Gasteiger partial charge in [0.2, 0.25) is 21.8 Å². The summed E-state index contributed by atoms with van der Waals surface area (Å²) in [5.41, 5.74) is 0.733. The van der Waals surface area contributed by atoms with Crippen molar-refractivity contribution in [3.8, 4) is 17.2 Å². The van der Waals surface area contributed by atoms with Crippen molar-refractivity contribution in [2.24, 2.45) is 0 Å². The molecule has 140 valence electrons. The molecule has 1 saturated heterocycles. The van der Waals surface area contributed by atoms with E-state index in [0.717, 1.165) is 5.56 Å². The maximum atomic E-state index is 12.8. The summed E-state index contributed by atoms with van der Waals surface area (Å²) < 4.78 is 38.0. The molecular formula is C18H18N4O4S. The summed E-state index contributed by atoms with van der Waals surface area (Å²) in [6.07, 6.45) is 3.94. The number of methoxy groups -OCH3 is 1. The van der Waals surface area contributed by atoms with Gasteiger partial charge in [0.05, 0.1) is 23.5 Å². The molecule has 0 saturated carbocycles. The number of rotatable bonds is 5. The van der Waals surface area contributed by atoms with Crippen LogP contribution in [0.15, 0.2) is 58.1 Å². The lowest BCUT2D eigenvalue weighted by Crippen LogP contribution is -2.28. The van der Waals surface area contributed by atoms with Crippen LogP contribution in [0.25, 0.3) is 11.5 Å². The van der Waals surface area contributed by atoms with Gasteiger partial charge in [-0.2, -0.15) is 4.31 Å². The van der Waals surface area contributed by atoms with Gasteiger partial charge in [-0.15, -0.1) is 10.2 Å². The minimum atomic E-state index is -3.57. The van der Waals surface area contributed by atoms with E-state index in [0.29, 0.717) is 37.0 Å². The van der Waals surface area contributed by atoms with Gasteiger partial charge in [0, 0.05) is 25.5 Å². The van der Waals surface area contributed by atoms with Gasteiger partial charge in [0.15, 0.2) is 0 Å². The third-order valence-corrected chi connectivity index (χ3v) is 6.43. The number of nitrogens with zero attached hydrogens (tertiary/aromatic N) is 4. The van der Waals surface area contributed by atoms with E-state index >= 15 is 0 Å². The number of pyridine rings is 1. The second-order valence-corrected chi connectivity index (χ2v) is 8.15. The smallest absolute Gasteiger partial charge is 0.249 e. The molecule has 2 aromatic heterocycles. The van der Waals surface area contributed by atoms with Crippen molar-refractivity contribution in [2.75, 3.05) is 20.2 Å². The van der Waals surface area contributed by atoms with Crippen molar-refractivity contribution in [1.29, 1.82) is 0 Å². The molecule has 1 fully saturated rings. The molecule has 0 amide bonds. The molecule has 1 atom stereocenters. The Bertz CT molecular complexity index is 1020. The van der Waals surface area contributed by atoms with Crippen LogP contribution >= 0.6 is 0 Å². The highest BCUT2D eigenvalue weighted by atomic mass is 32.2. The standard InChI is InChI=1S/C18H18N4O4S/c1-25-15-4-6-16(7-5-15)27(23,24)22-10-8-14(12-22)18-21-20-17(26-18)13-3-2-9-19-11-13/h2-7,9,11,14H,8,10,12H2,1H3/t14-/m1/s1. The number of sulfonamides is 1. The lowest BCUT2D eigenvalue weighted by atomic mass is 10.1. The molecule has 1 aromatic carbocycles. The Morgan fingerprint density at radius 3 is 2.70 bits per heavy atom. The highest BCUT2D eigenvalue weighted by Crippen LogP contribution is 2.32. The van der Waals surface area contributed by atoms with Crippen molar-refractivity contribution < 1.29 is 17.6 Å². The normalized spacial score (nSPS) is 17.9. The van der Waals surface area contributed by atoms with Crippen LogP contribution in [0.1, 0.15) is 18.2 Å². The highest BCUT2D eigenvalue weighted by molar-refractivity contribution is 7.89. The fourth-order valence-corrected chi connectivity index (χ4v) is 4.55. The van der Waals surface area contributed by atoms with Crippen LogP contribution in [0.5, 0.6) is 5.75 Å². The molecule has 3 aromatic rings. The minimum absolute atomic E-state index is 0.129. The number of hydrogen-bond acceptors (Lipinski definition) is 7. The number of ether oxygens (including phenoxy) is 1. The van der Waals surface area contributed by atoms with Crippen LogP contribution in [0.2, 0.25) is 0 Å². The van der Waals surface area contributed by atoms with Gasteiger partial charge in [-0.25, -0.2) is 8.42 Å². The summed E-state index contributed by atoms with van der Waals surface area (Å²) in [7, 11) is -2.03. The average Bonchev–Trinajstić information content (AvgIpc) is 3.38. The van der Waals surface area contributed by atoms with Gasteiger partial charge in [0.25, 0.3) is 0 Å². The monoisotopic (exact) mass is 386 g/mol. The van der Waals surface area contributed by atoms with Crippen LogP contribution in [0.3, 0.4) is 0 Å². The van der Waals surface area contributed by atoms with E-state index in [9.17, 15) is 8.42 Å². The Hall–Kier alpha value is -2.78. The molecule has 0 unspecified atom stereocenters. The van der Waals surface area contributed by atoms with Gasteiger partial charge in [-0.3, -0.25) is 4.98 Å². The van der Waals surface area contributed by atoms with Gasteiger partial charge in [-0.05, 0) is 42.8 Å². The summed E-state index contributed by atoms with van der Waals surface area (Å²) in [6.45, 7) is 0.715. The van der Waals surface area contributed by atoms with Gasteiger partial charge in [-0.1, -0.05) is 0 Å². The maximum Gasteiger partial charge on any atom is 0.249 e. The fraction of sp³-hybridized carbons (Fsp3) is 0.278. The van der Waals surface area contributed by atoms with Crippen molar-refractivity contribution in [3.05, 3.63) is 54.7 Å². The molecule has 0 spiro atoms. The van der Waals surface area contributed by atoms with Gasteiger partial charge >= 0.3 is 0 Å². The third-order valence-electron chi connectivity index (χ3n) is 4.55. The van der Waals surface area contributed by atoms with E-state index in [1.165, 1.54) is 4.31 Å². The lowest BCUT2D eigenvalue weighted by molar-refractivity contribution is 0.414. The van der Waals surface area contributed by atoms with Crippen molar-refractivity contribution in [1.82, 2.24) is 19.5 Å². The Labute approximate surface area is 156 Å². The van der Waals surface area contributed by atoms with E-state index in [1.807, 2.05) is 6.07 Å². The van der Waals surface area contributed by atoms with E-state index in [1.54, 1.807) is 49.8 Å². The molecule has 4 rings (SSSR count). The SMILES string of the molecule is COc1ccc(S(=O)(=O)N2CC[C@@H](c3nnc(-c4cccnc4)o3)C2)cc1. The first kappa shape index (κ1) is 17.6. The Morgan fingerprint density at radius 2 is 2.00 bits per heavy atom. The first-order chi connectivity index (χ1) is 13.1. The zero-order valence-electron chi connectivity index (χ0n) is 14.6. The zero-order chi connectivity index (χ0) is 18.9. The predicted molar refractivity (Wildman–Crippen MR) is 96.6 cm³/mol. The molecule has 0 aliphatic carbocycles. The summed E-state index contributed by atoms with van der Waals surface area (Å²) >= 11 is 0. The lowest BCUT2D eigenvalue weighted by Gasteiger charge is -2.16. The summed E-state index contributed by atoms with van der Waals surface area (Å²) in [5, 5.41) is 8.16. The first-order valence-electron chi connectivity index (χ1n) is 8.46. The molecule has 9 heteroatoms. The topological polar surface area (TPSA) is 98.4 Å². The molecule has 8 nitrogen and oxygen atoms in total. The Balaban J connectivity index is 1.50. The van der Waals surface area contributed by atoms with E-state index < -0.39 is 10.0 Å². The summed E-state index contributed by atoms with van der Waals surface area (Å²) in [5.74, 6) is 1.31. The Morgan fingerprint density at radius 1 is 1.19 bits per heavy atom. The first-order valence-corrected chi connectivity index (χ1v) is 9.90. The van der Waals surface area contributed by atoms with Gasteiger partial charge < -0.3 is 9.15 Å². The van der Waals surface area contributed by atoms with E-state index in [2.05, 4.69) is 15.2 Å². The summed E-state index contributed by atoms with van der Waals surface area (Å²) in [6, 6.07) is 10.00. The van der Waals surface area contributed by atoms with Crippen LogP contribution in [0.4, 0.5) is 0 Å². The molecule has 0 N–H and O–H groups in total. The zero-order valence-corrected chi connectivity index (χ0v) is 15.5. The molecule has 0 radical (unpaired) electrons. The molecule has 3 heterocycles. The minimum Gasteiger partial charge on any atom is -0.497 e. The average molecular weight is 386 g/mol. The van der Waals surface area contributed by atoms with Crippen molar-refractivity contribution in [3.63, 3.8) is 0 Å². The van der Waals surface area contributed by atoms with Gasteiger partial charge in [0.1, 0.15) is 5.75 Å². The molecule has 1 aliphatic rings. The highest BCUT2D eigenvalue weighted by Gasteiger charge is 2.35. The molecule has 27 heavy (non-hydrogen) atoms. The van der Waals surface area contributed by atoms with E-state index in [-0.39, 0.29) is 10.8 Å². The Kier molecular flexibility index (Phi) is 4.63. The van der Waals surface area contributed by atoms with Crippen LogP contribution < -0.4 is 4.74 Å². The van der Waals surface area contributed by atoms with Crippen LogP contribution in [-0.2, 0) is 10.0 Å². The molecular weight excluding hydrogens is 368 g/mol. The van der Waals surface area contributed by atoms with Crippen molar-refractivity contribution >= 4 is 10.0 Å². The van der Waals surface area contributed by atoms with Crippen LogP contribution in [0, 0.1) is 0 Å². The largest absolute Gasteiger partial charge is 0.497 e.